The molecule has 4 rings (SSSR count). The maximum absolute atomic E-state index is 13.8. The average molecular weight is 381 g/mol. The van der Waals surface area contributed by atoms with E-state index >= 15 is 0 Å². The highest BCUT2D eigenvalue weighted by Crippen LogP contribution is 2.21. The van der Waals surface area contributed by atoms with E-state index in [1.54, 1.807) is 11.1 Å². The number of nitrogens with zero attached hydrogens (tertiary/aromatic N) is 2. The number of aromatic nitrogens is 2. The summed E-state index contributed by atoms with van der Waals surface area (Å²) in [7, 11) is 0. The van der Waals surface area contributed by atoms with Gasteiger partial charge in [-0.1, -0.05) is 6.07 Å². The van der Waals surface area contributed by atoms with E-state index in [1.165, 1.54) is 24.3 Å². The normalized spacial score (nSPS) is 16.4. The number of amides is 1. The number of pyridine rings is 2. The molecule has 0 spiro atoms. The standard InChI is InChI=1S/C21H20FN3O3/c22-14-6-7-19-17(10-14)18(11-20(26)24-19)21(27)25(13-16-5-3-9-28-16)12-15-4-1-2-8-23-15/h1-2,4,6-8,10-11,16H,3,5,9,12-13H2,(H,24,26)/t16-/m1/s1. The Balaban J connectivity index is 1.73. The number of fused-ring (bicyclic) bond motifs is 1. The van der Waals surface area contributed by atoms with Crippen LogP contribution >= 0.6 is 0 Å². The highest BCUT2D eigenvalue weighted by molar-refractivity contribution is 6.05. The molecule has 144 valence electrons. The molecule has 1 aromatic carbocycles. The second-order valence-electron chi connectivity index (χ2n) is 6.88. The van der Waals surface area contributed by atoms with Gasteiger partial charge in [0.05, 0.1) is 23.9 Å². The highest BCUT2D eigenvalue weighted by Gasteiger charge is 2.25. The lowest BCUT2D eigenvalue weighted by Crippen LogP contribution is -2.37. The van der Waals surface area contributed by atoms with Gasteiger partial charge in [0.2, 0.25) is 5.56 Å². The summed E-state index contributed by atoms with van der Waals surface area (Å²) in [6.07, 6.45) is 3.44. The lowest BCUT2D eigenvalue weighted by Gasteiger charge is -2.25. The number of ether oxygens (including phenoxy) is 1. The van der Waals surface area contributed by atoms with E-state index in [0.29, 0.717) is 24.1 Å². The van der Waals surface area contributed by atoms with Gasteiger partial charge in [-0.25, -0.2) is 4.39 Å². The van der Waals surface area contributed by atoms with Crippen molar-refractivity contribution in [1.29, 1.82) is 0 Å². The molecule has 0 saturated carbocycles. The number of aromatic amines is 1. The summed E-state index contributed by atoms with van der Waals surface area (Å²) in [6, 6.07) is 10.7. The fraction of sp³-hybridized carbons (Fsp3) is 0.286. The number of carbonyl (C=O) groups excluding carboxylic acids is 1. The van der Waals surface area contributed by atoms with Crippen molar-refractivity contribution in [3.63, 3.8) is 0 Å². The molecular weight excluding hydrogens is 361 g/mol. The molecule has 1 aliphatic rings. The van der Waals surface area contributed by atoms with Crippen molar-refractivity contribution in [3.8, 4) is 0 Å². The Morgan fingerprint density at radius 2 is 2.18 bits per heavy atom. The summed E-state index contributed by atoms with van der Waals surface area (Å²) < 4.78 is 19.5. The molecule has 0 radical (unpaired) electrons. The molecule has 0 aliphatic carbocycles. The van der Waals surface area contributed by atoms with Crippen LogP contribution in [0.1, 0.15) is 28.9 Å². The first-order valence-electron chi connectivity index (χ1n) is 9.23. The third-order valence-corrected chi connectivity index (χ3v) is 4.85. The van der Waals surface area contributed by atoms with Crippen LogP contribution in [0, 0.1) is 5.82 Å². The third kappa shape index (κ3) is 3.94. The van der Waals surface area contributed by atoms with Crippen molar-refractivity contribution in [2.24, 2.45) is 0 Å². The summed E-state index contributed by atoms with van der Waals surface area (Å²) in [4.78, 5) is 34.0. The van der Waals surface area contributed by atoms with Crippen LogP contribution in [0.25, 0.3) is 10.9 Å². The maximum atomic E-state index is 13.8. The summed E-state index contributed by atoms with van der Waals surface area (Å²) in [6.45, 7) is 1.34. The molecule has 0 bridgehead atoms. The van der Waals surface area contributed by atoms with E-state index in [0.717, 1.165) is 18.5 Å². The zero-order chi connectivity index (χ0) is 19.5. The summed E-state index contributed by atoms with van der Waals surface area (Å²) in [5.41, 5.74) is 0.922. The van der Waals surface area contributed by atoms with Crippen molar-refractivity contribution < 1.29 is 13.9 Å². The van der Waals surface area contributed by atoms with E-state index in [4.69, 9.17) is 4.74 Å². The molecule has 1 atom stereocenters. The molecule has 1 N–H and O–H groups in total. The van der Waals surface area contributed by atoms with Crippen LogP contribution < -0.4 is 5.56 Å². The number of nitrogens with one attached hydrogen (secondary N) is 1. The Morgan fingerprint density at radius 1 is 1.29 bits per heavy atom. The minimum absolute atomic E-state index is 0.0577. The molecule has 1 fully saturated rings. The quantitative estimate of drug-likeness (QED) is 0.737. The molecule has 6 nitrogen and oxygen atoms in total. The molecule has 3 heterocycles. The fourth-order valence-corrected chi connectivity index (χ4v) is 3.51. The Labute approximate surface area is 161 Å². The zero-order valence-electron chi connectivity index (χ0n) is 15.2. The van der Waals surface area contributed by atoms with Crippen molar-refractivity contribution in [2.75, 3.05) is 13.2 Å². The van der Waals surface area contributed by atoms with Crippen LogP contribution in [0.2, 0.25) is 0 Å². The van der Waals surface area contributed by atoms with E-state index in [-0.39, 0.29) is 24.1 Å². The summed E-state index contributed by atoms with van der Waals surface area (Å²) >= 11 is 0. The fourth-order valence-electron chi connectivity index (χ4n) is 3.51. The molecule has 7 heteroatoms. The molecule has 1 amide bonds. The van der Waals surface area contributed by atoms with Gasteiger partial charge >= 0.3 is 0 Å². The van der Waals surface area contributed by atoms with Gasteiger partial charge in [0.15, 0.2) is 0 Å². The first kappa shape index (κ1) is 18.3. The minimum atomic E-state index is -0.469. The summed E-state index contributed by atoms with van der Waals surface area (Å²) in [5, 5.41) is 0.378. The summed E-state index contributed by atoms with van der Waals surface area (Å²) in [5.74, 6) is -0.813. The lowest BCUT2D eigenvalue weighted by atomic mass is 10.1. The van der Waals surface area contributed by atoms with Crippen LogP contribution in [-0.2, 0) is 11.3 Å². The Kier molecular flexibility index (Phi) is 5.16. The van der Waals surface area contributed by atoms with Crippen molar-refractivity contribution in [2.45, 2.75) is 25.5 Å². The number of hydrogen-bond acceptors (Lipinski definition) is 4. The van der Waals surface area contributed by atoms with Gasteiger partial charge in [0.1, 0.15) is 5.82 Å². The van der Waals surface area contributed by atoms with Gasteiger partial charge in [-0.2, -0.15) is 0 Å². The monoisotopic (exact) mass is 381 g/mol. The van der Waals surface area contributed by atoms with Gasteiger partial charge in [0, 0.05) is 36.3 Å². The molecule has 28 heavy (non-hydrogen) atoms. The van der Waals surface area contributed by atoms with Gasteiger partial charge < -0.3 is 14.6 Å². The van der Waals surface area contributed by atoms with Crippen molar-refractivity contribution >= 4 is 16.8 Å². The third-order valence-electron chi connectivity index (χ3n) is 4.85. The van der Waals surface area contributed by atoms with Crippen LogP contribution in [0.3, 0.4) is 0 Å². The first-order chi connectivity index (χ1) is 13.6. The first-order valence-corrected chi connectivity index (χ1v) is 9.23. The van der Waals surface area contributed by atoms with E-state index < -0.39 is 11.4 Å². The predicted molar refractivity (Wildman–Crippen MR) is 102 cm³/mol. The largest absolute Gasteiger partial charge is 0.376 e. The van der Waals surface area contributed by atoms with Gasteiger partial charge in [-0.15, -0.1) is 0 Å². The predicted octanol–water partition coefficient (Wildman–Crippen LogP) is 2.88. The second-order valence-corrected chi connectivity index (χ2v) is 6.88. The second kappa shape index (κ2) is 7.90. The number of benzene rings is 1. The van der Waals surface area contributed by atoms with Gasteiger partial charge in [-0.05, 0) is 43.2 Å². The zero-order valence-corrected chi connectivity index (χ0v) is 15.2. The van der Waals surface area contributed by atoms with E-state index in [1.807, 2.05) is 18.2 Å². The Hall–Kier alpha value is -3.06. The molecule has 3 aromatic rings. The molecule has 2 aromatic heterocycles. The molecular formula is C21H20FN3O3. The van der Waals surface area contributed by atoms with Crippen molar-refractivity contribution in [3.05, 3.63) is 76.1 Å². The van der Waals surface area contributed by atoms with Gasteiger partial charge in [0.25, 0.3) is 5.91 Å². The topological polar surface area (TPSA) is 75.3 Å². The molecule has 1 aliphatic heterocycles. The number of halogens is 1. The molecule has 1 saturated heterocycles. The van der Waals surface area contributed by atoms with Crippen LogP contribution in [0.4, 0.5) is 4.39 Å². The number of H-pyrrole nitrogens is 1. The van der Waals surface area contributed by atoms with E-state index in [2.05, 4.69) is 9.97 Å². The van der Waals surface area contributed by atoms with E-state index in [9.17, 15) is 14.0 Å². The maximum Gasteiger partial charge on any atom is 0.255 e. The smallest absolute Gasteiger partial charge is 0.255 e. The molecule has 0 unspecified atom stereocenters. The van der Waals surface area contributed by atoms with Crippen LogP contribution in [-0.4, -0.2) is 40.0 Å². The average Bonchev–Trinajstić information content (AvgIpc) is 3.20. The lowest BCUT2D eigenvalue weighted by molar-refractivity contribution is 0.0505. The van der Waals surface area contributed by atoms with Crippen molar-refractivity contribution in [1.82, 2.24) is 14.9 Å². The number of hydrogen-bond donors (Lipinski definition) is 1. The number of carbonyl (C=O) groups is 1. The minimum Gasteiger partial charge on any atom is -0.376 e. The highest BCUT2D eigenvalue weighted by atomic mass is 19.1. The van der Waals surface area contributed by atoms with Gasteiger partial charge in [-0.3, -0.25) is 14.6 Å². The Bertz CT molecular complexity index is 1050. The Morgan fingerprint density at radius 3 is 2.93 bits per heavy atom. The van der Waals surface area contributed by atoms with Crippen LogP contribution in [0.5, 0.6) is 0 Å². The van der Waals surface area contributed by atoms with Crippen LogP contribution in [0.15, 0.2) is 53.5 Å². The SMILES string of the molecule is O=C(c1cc(=O)[nH]c2ccc(F)cc12)N(Cc1ccccn1)C[C@H]1CCCO1. The number of rotatable bonds is 5.